The maximum Gasteiger partial charge on any atom is 0.227 e. The van der Waals surface area contributed by atoms with Crippen LogP contribution in [0.1, 0.15) is 17.7 Å². The van der Waals surface area contributed by atoms with E-state index < -0.39 is 0 Å². The van der Waals surface area contributed by atoms with Gasteiger partial charge in [0.15, 0.2) is 5.82 Å². The second kappa shape index (κ2) is 8.17. The van der Waals surface area contributed by atoms with Crippen molar-refractivity contribution in [2.24, 2.45) is 0 Å². The highest BCUT2D eigenvalue weighted by Crippen LogP contribution is 2.20. The van der Waals surface area contributed by atoms with Crippen molar-refractivity contribution >= 4 is 45.9 Å². The molecule has 1 amide bonds. The van der Waals surface area contributed by atoms with Gasteiger partial charge in [-0.25, -0.2) is 4.39 Å². The first kappa shape index (κ1) is 18.8. The van der Waals surface area contributed by atoms with Gasteiger partial charge in [-0.05, 0) is 47.2 Å². The average Bonchev–Trinajstić information content (AvgIpc) is 3.09. The third-order valence-electron chi connectivity index (χ3n) is 3.80. The van der Waals surface area contributed by atoms with Gasteiger partial charge >= 0.3 is 0 Å². The second-order valence-corrected chi connectivity index (χ2v) is 7.32. The van der Waals surface area contributed by atoms with E-state index in [1.165, 1.54) is 12.1 Å². The Hall–Kier alpha value is -1.94. The van der Waals surface area contributed by atoms with Gasteiger partial charge < -0.3 is 5.32 Å². The Balaban J connectivity index is 1.60. The van der Waals surface area contributed by atoms with Crippen molar-refractivity contribution in [3.8, 4) is 0 Å². The summed E-state index contributed by atoms with van der Waals surface area (Å²) in [7, 11) is 0. The first-order valence-corrected chi connectivity index (χ1v) is 9.33. The van der Waals surface area contributed by atoms with Crippen LogP contribution in [0.25, 0.3) is 0 Å². The minimum atomic E-state index is -0.308. The molecule has 0 atom stereocenters. The summed E-state index contributed by atoms with van der Waals surface area (Å²) < 4.78 is 17.7. The van der Waals surface area contributed by atoms with E-state index in [-0.39, 0.29) is 18.1 Å². The fourth-order valence-corrected chi connectivity index (χ4v) is 3.04. The minimum absolute atomic E-state index is 0.201. The predicted octanol–water partition coefficient (Wildman–Crippen LogP) is 3.86. The van der Waals surface area contributed by atoms with Crippen molar-refractivity contribution in [3.63, 3.8) is 0 Å². The summed E-state index contributed by atoms with van der Waals surface area (Å²) in [4.78, 5) is 12.2. The number of aromatic nitrogens is 4. The van der Waals surface area contributed by atoms with E-state index in [1.807, 2.05) is 6.92 Å². The van der Waals surface area contributed by atoms with Crippen LogP contribution in [0.4, 0.5) is 10.2 Å². The van der Waals surface area contributed by atoms with Crippen LogP contribution in [-0.4, -0.2) is 25.5 Å². The van der Waals surface area contributed by atoms with E-state index in [2.05, 4.69) is 38.1 Å². The molecule has 0 spiro atoms. The molecular weight excluding hydrogens is 472 g/mol. The lowest BCUT2D eigenvalue weighted by molar-refractivity contribution is -0.116. The molecule has 9 heteroatoms. The second-order valence-electron chi connectivity index (χ2n) is 5.75. The number of aryl methyl sites for hydroxylation is 1. The smallest absolute Gasteiger partial charge is 0.227 e. The van der Waals surface area contributed by atoms with Crippen molar-refractivity contribution in [2.45, 2.75) is 26.4 Å². The van der Waals surface area contributed by atoms with Crippen molar-refractivity contribution in [1.29, 1.82) is 0 Å². The van der Waals surface area contributed by atoms with Crippen LogP contribution in [0.15, 0.2) is 36.7 Å². The highest BCUT2D eigenvalue weighted by Gasteiger charge is 2.12. The van der Waals surface area contributed by atoms with Gasteiger partial charge in [0.2, 0.25) is 5.91 Å². The van der Waals surface area contributed by atoms with Gasteiger partial charge in [-0.1, -0.05) is 23.7 Å². The third kappa shape index (κ3) is 4.61. The van der Waals surface area contributed by atoms with Crippen molar-refractivity contribution in [1.82, 2.24) is 19.6 Å². The van der Waals surface area contributed by atoms with Crippen LogP contribution in [0.2, 0.25) is 5.02 Å². The molecule has 2 heterocycles. The normalized spacial score (nSPS) is 10.9. The molecule has 0 saturated carbocycles. The van der Waals surface area contributed by atoms with Crippen LogP contribution < -0.4 is 5.32 Å². The van der Waals surface area contributed by atoms with Crippen molar-refractivity contribution < 1.29 is 9.18 Å². The summed E-state index contributed by atoms with van der Waals surface area (Å²) in [6.45, 7) is 2.79. The topological polar surface area (TPSA) is 64.7 Å². The zero-order chi connectivity index (χ0) is 18.7. The van der Waals surface area contributed by atoms with E-state index in [1.54, 1.807) is 33.9 Å². The summed E-state index contributed by atoms with van der Waals surface area (Å²) in [5, 5.41) is 11.5. The lowest BCUT2D eigenvalue weighted by atomic mass is 10.2. The highest BCUT2D eigenvalue weighted by molar-refractivity contribution is 14.1. The summed E-state index contributed by atoms with van der Waals surface area (Å²) in [5.74, 6) is -0.217. The minimum Gasteiger partial charge on any atom is -0.308 e. The van der Waals surface area contributed by atoms with Gasteiger partial charge in [0, 0.05) is 18.3 Å². The molecule has 1 aromatic carbocycles. The number of nitrogens with zero attached hydrogens (tertiary/aromatic N) is 4. The Morgan fingerprint density at radius 1 is 1.42 bits per heavy atom. The maximum atomic E-state index is 13.3. The highest BCUT2D eigenvalue weighted by atomic mass is 127. The van der Waals surface area contributed by atoms with Gasteiger partial charge in [0.25, 0.3) is 0 Å². The quantitative estimate of drug-likeness (QED) is 0.537. The molecule has 0 unspecified atom stereocenters. The van der Waals surface area contributed by atoms with Crippen LogP contribution in [0.3, 0.4) is 0 Å². The number of amides is 1. The summed E-state index contributed by atoms with van der Waals surface area (Å²) in [5.41, 5.74) is 1.78. The standard InChI is InChI=1S/C17H16ClFIN5O/c1-11-15(20)8-21-25(11)6-5-16(26)22-17-14(18)10-24(23-17)9-12-3-2-4-13(19)7-12/h2-4,7-8,10H,5-6,9H2,1H3,(H,22,23,26). The lowest BCUT2D eigenvalue weighted by Gasteiger charge is -2.05. The molecule has 0 aliphatic rings. The Labute approximate surface area is 168 Å². The number of carbonyl (C=O) groups is 1. The number of nitrogens with one attached hydrogen (secondary N) is 1. The van der Waals surface area contributed by atoms with Crippen LogP contribution in [-0.2, 0) is 17.9 Å². The van der Waals surface area contributed by atoms with Gasteiger partial charge in [-0.15, -0.1) is 0 Å². The molecule has 0 aliphatic heterocycles. The van der Waals surface area contributed by atoms with Gasteiger partial charge in [0.1, 0.15) is 10.8 Å². The number of benzene rings is 1. The van der Waals surface area contributed by atoms with Gasteiger partial charge in [0.05, 0.1) is 22.9 Å². The molecule has 1 N–H and O–H groups in total. The Bertz CT molecular complexity index is 939. The number of halogens is 3. The fraction of sp³-hybridized carbons (Fsp3) is 0.235. The number of hydrogen-bond acceptors (Lipinski definition) is 3. The predicted molar refractivity (Wildman–Crippen MR) is 106 cm³/mol. The SMILES string of the molecule is Cc1c(I)cnn1CCC(=O)Nc1nn(Cc2cccc(F)c2)cc1Cl. The molecule has 136 valence electrons. The first-order chi connectivity index (χ1) is 12.4. The van der Waals surface area contributed by atoms with E-state index in [0.717, 1.165) is 14.8 Å². The number of anilines is 1. The maximum absolute atomic E-state index is 13.3. The van der Waals surface area contributed by atoms with Crippen LogP contribution >= 0.6 is 34.2 Å². The lowest BCUT2D eigenvalue weighted by Crippen LogP contribution is -2.16. The first-order valence-electron chi connectivity index (χ1n) is 7.87. The van der Waals surface area contributed by atoms with E-state index in [9.17, 15) is 9.18 Å². The molecule has 2 aromatic heterocycles. The third-order valence-corrected chi connectivity index (χ3v) is 5.14. The molecule has 3 aromatic rings. The largest absolute Gasteiger partial charge is 0.308 e. The molecule has 3 rings (SSSR count). The Morgan fingerprint density at radius 2 is 2.23 bits per heavy atom. The van der Waals surface area contributed by atoms with Gasteiger partial charge in [-0.2, -0.15) is 10.2 Å². The van der Waals surface area contributed by atoms with Crippen LogP contribution in [0, 0.1) is 16.3 Å². The summed E-state index contributed by atoms with van der Waals surface area (Å²) in [6.07, 6.45) is 3.62. The number of hydrogen-bond donors (Lipinski definition) is 1. The molecule has 26 heavy (non-hydrogen) atoms. The zero-order valence-corrected chi connectivity index (χ0v) is 16.8. The molecule has 0 bridgehead atoms. The average molecular weight is 488 g/mol. The molecule has 0 radical (unpaired) electrons. The van der Waals surface area contributed by atoms with Crippen molar-refractivity contribution in [3.05, 3.63) is 62.3 Å². The molecule has 0 fully saturated rings. The van der Waals surface area contributed by atoms with E-state index in [0.29, 0.717) is 23.9 Å². The molecule has 0 saturated heterocycles. The van der Waals surface area contributed by atoms with Gasteiger partial charge in [-0.3, -0.25) is 14.2 Å². The van der Waals surface area contributed by atoms with Crippen LogP contribution in [0.5, 0.6) is 0 Å². The molecule has 6 nitrogen and oxygen atoms in total. The monoisotopic (exact) mass is 487 g/mol. The number of rotatable bonds is 6. The Kier molecular flexibility index (Phi) is 5.92. The number of carbonyl (C=O) groups excluding carboxylic acids is 1. The summed E-state index contributed by atoms with van der Waals surface area (Å²) >= 11 is 8.34. The van der Waals surface area contributed by atoms with E-state index in [4.69, 9.17) is 11.6 Å². The molecular formula is C17H16ClFIN5O. The van der Waals surface area contributed by atoms with E-state index >= 15 is 0 Å². The Morgan fingerprint density at radius 3 is 2.92 bits per heavy atom. The fourth-order valence-electron chi connectivity index (χ4n) is 2.44. The van der Waals surface area contributed by atoms with Crippen molar-refractivity contribution in [2.75, 3.05) is 5.32 Å². The summed E-state index contributed by atoms with van der Waals surface area (Å²) in [6, 6.07) is 6.25. The zero-order valence-electron chi connectivity index (χ0n) is 13.9. The molecule has 0 aliphatic carbocycles.